The van der Waals surface area contributed by atoms with Crippen molar-refractivity contribution in [1.82, 2.24) is 5.32 Å². The van der Waals surface area contributed by atoms with Crippen LogP contribution in [0.3, 0.4) is 0 Å². The van der Waals surface area contributed by atoms with Gasteiger partial charge in [-0.15, -0.1) is 0 Å². The zero-order chi connectivity index (χ0) is 13.7. The van der Waals surface area contributed by atoms with E-state index in [1.54, 1.807) is 6.92 Å². The van der Waals surface area contributed by atoms with Crippen molar-refractivity contribution in [2.45, 2.75) is 33.0 Å². The summed E-state index contributed by atoms with van der Waals surface area (Å²) in [5, 5.41) is 11.9. The van der Waals surface area contributed by atoms with Gasteiger partial charge in [-0.3, -0.25) is 4.79 Å². The molecule has 1 aromatic carbocycles. The molecular weight excluding hydrogens is 237 g/mol. The number of ether oxygens (including phenoxy) is 1. The molecule has 0 radical (unpaired) electrons. The van der Waals surface area contributed by atoms with Gasteiger partial charge >= 0.3 is 0 Å². The topological polar surface area (TPSA) is 58.6 Å². The molecule has 100 valence electrons. The molecule has 0 aliphatic carbocycles. The van der Waals surface area contributed by atoms with E-state index in [4.69, 9.17) is 4.74 Å². The highest BCUT2D eigenvalue weighted by Crippen LogP contribution is 2.22. The SMILES string of the molecule is CCNC(=O)C(C)Oc1ccc(C(C)O)c(F)c1. The lowest BCUT2D eigenvalue weighted by Gasteiger charge is -2.15. The van der Waals surface area contributed by atoms with E-state index in [1.165, 1.54) is 19.1 Å². The van der Waals surface area contributed by atoms with Crippen LogP contribution in [-0.2, 0) is 4.79 Å². The maximum Gasteiger partial charge on any atom is 0.260 e. The summed E-state index contributed by atoms with van der Waals surface area (Å²) in [6.45, 7) is 5.39. The van der Waals surface area contributed by atoms with Crippen LogP contribution in [0.5, 0.6) is 5.75 Å². The summed E-state index contributed by atoms with van der Waals surface area (Å²) >= 11 is 0. The van der Waals surface area contributed by atoms with Crippen LogP contribution in [0, 0.1) is 5.82 Å². The molecule has 0 spiro atoms. The Labute approximate surface area is 106 Å². The van der Waals surface area contributed by atoms with Gasteiger partial charge in [-0.1, -0.05) is 0 Å². The third-order valence-electron chi connectivity index (χ3n) is 2.46. The van der Waals surface area contributed by atoms with Crippen LogP contribution >= 0.6 is 0 Å². The fourth-order valence-corrected chi connectivity index (χ4v) is 1.50. The van der Waals surface area contributed by atoms with Gasteiger partial charge < -0.3 is 15.2 Å². The lowest BCUT2D eigenvalue weighted by molar-refractivity contribution is -0.127. The smallest absolute Gasteiger partial charge is 0.260 e. The molecule has 0 heterocycles. The molecule has 1 rings (SSSR count). The second-order valence-corrected chi connectivity index (χ2v) is 4.01. The van der Waals surface area contributed by atoms with Crippen LogP contribution in [0.25, 0.3) is 0 Å². The number of hydrogen-bond acceptors (Lipinski definition) is 3. The predicted molar refractivity (Wildman–Crippen MR) is 65.8 cm³/mol. The van der Waals surface area contributed by atoms with Crippen molar-refractivity contribution in [3.05, 3.63) is 29.6 Å². The highest BCUT2D eigenvalue weighted by Gasteiger charge is 2.15. The van der Waals surface area contributed by atoms with Gasteiger partial charge in [0, 0.05) is 18.2 Å². The minimum absolute atomic E-state index is 0.202. The van der Waals surface area contributed by atoms with Crippen molar-refractivity contribution in [1.29, 1.82) is 0 Å². The average Bonchev–Trinajstić information content (AvgIpc) is 2.28. The van der Waals surface area contributed by atoms with Gasteiger partial charge in [0.05, 0.1) is 6.10 Å². The van der Waals surface area contributed by atoms with Crippen molar-refractivity contribution in [3.63, 3.8) is 0 Å². The number of aliphatic hydroxyl groups excluding tert-OH is 1. The number of nitrogens with one attached hydrogen (secondary N) is 1. The summed E-state index contributed by atoms with van der Waals surface area (Å²) in [7, 11) is 0. The van der Waals surface area contributed by atoms with E-state index in [1.807, 2.05) is 6.92 Å². The summed E-state index contributed by atoms with van der Waals surface area (Å²) < 4.78 is 18.9. The molecule has 2 atom stereocenters. The fraction of sp³-hybridized carbons (Fsp3) is 0.462. The lowest BCUT2D eigenvalue weighted by Crippen LogP contribution is -2.36. The Morgan fingerprint density at radius 2 is 2.17 bits per heavy atom. The highest BCUT2D eigenvalue weighted by molar-refractivity contribution is 5.80. The van der Waals surface area contributed by atoms with E-state index < -0.39 is 18.0 Å². The van der Waals surface area contributed by atoms with Crippen LogP contribution in [0.15, 0.2) is 18.2 Å². The standard InChI is InChI=1S/C13H18FNO3/c1-4-15-13(17)9(3)18-10-5-6-11(8(2)16)12(14)7-10/h5-9,16H,4H2,1-3H3,(H,15,17). The maximum atomic E-state index is 13.6. The third-order valence-corrected chi connectivity index (χ3v) is 2.46. The molecule has 0 aliphatic rings. The van der Waals surface area contributed by atoms with Gasteiger partial charge in [0.15, 0.2) is 6.10 Å². The van der Waals surface area contributed by atoms with Crippen LogP contribution in [0.2, 0.25) is 0 Å². The minimum atomic E-state index is -0.875. The molecular formula is C13H18FNO3. The average molecular weight is 255 g/mol. The summed E-state index contributed by atoms with van der Waals surface area (Å²) in [4.78, 5) is 11.4. The third kappa shape index (κ3) is 3.70. The molecule has 18 heavy (non-hydrogen) atoms. The molecule has 0 saturated heterocycles. The molecule has 0 fully saturated rings. The van der Waals surface area contributed by atoms with Crippen LogP contribution in [0.1, 0.15) is 32.4 Å². The van der Waals surface area contributed by atoms with Gasteiger partial charge in [0.1, 0.15) is 11.6 Å². The Morgan fingerprint density at radius 1 is 1.50 bits per heavy atom. The summed E-state index contributed by atoms with van der Waals surface area (Å²) in [6.07, 6.45) is -1.57. The Hall–Kier alpha value is -1.62. The fourth-order valence-electron chi connectivity index (χ4n) is 1.50. The molecule has 2 N–H and O–H groups in total. The summed E-state index contributed by atoms with van der Waals surface area (Å²) in [6, 6.07) is 4.14. The van der Waals surface area contributed by atoms with Crippen molar-refractivity contribution in [2.24, 2.45) is 0 Å². The Kier molecular flexibility index (Phi) is 5.09. The first-order valence-electron chi connectivity index (χ1n) is 5.87. The molecule has 4 nitrogen and oxygen atoms in total. The van der Waals surface area contributed by atoms with Crippen molar-refractivity contribution >= 4 is 5.91 Å². The van der Waals surface area contributed by atoms with E-state index in [0.29, 0.717) is 6.54 Å². The van der Waals surface area contributed by atoms with Crippen molar-refractivity contribution in [3.8, 4) is 5.75 Å². The number of carbonyl (C=O) groups is 1. The van der Waals surface area contributed by atoms with Crippen LogP contribution in [0.4, 0.5) is 4.39 Å². The second-order valence-electron chi connectivity index (χ2n) is 4.01. The van der Waals surface area contributed by atoms with E-state index in [2.05, 4.69) is 5.32 Å². The quantitative estimate of drug-likeness (QED) is 0.843. The molecule has 0 saturated carbocycles. The highest BCUT2D eigenvalue weighted by atomic mass is 19.1. The minimum Gasteiger partial charge on any atom is -0.481 e. The van der Waals surface area contributed by atoms with E-state index in [0.717, 1.165) is 6.07 Å². The molecule has 2 unspecified atom stereocenters. The molecule has 0 bridgehead atoms. The number of aliphatic hydroxyl groups is 1. The van der Waals surface area contributed by atoms with Crippen molar-refractivity contribution in [2.75, 3.05) is 6.54 Å². The van der Waals surface area contributed by atoms with E-state index >= 15 is 0 Å². The van der Waals surface area contributed by atoms with Crippen LogP contribution in [-0.4, -0.2) is 23.7 Å². The zero-order valence-electron chi connectivity index (χ0n) is 10.7. The summed E-state index contributed by atoms with van der Waals surface area (Å²) in [5.41, 5.74) is 0.202. The Balaban J connectivity index is 2.74. The Morgan fingerprint density at radius 3 is 2.67 bits per heavy atom. The molecule has 1 aromatic rings. The summed E-state index contributed by atoms with van der Waals surface area (Å²) in [5.74, 6) is -0.543. The number of hydrogen-bond donors (Lipinski definition) is 2. The number of halogens is 1. The first-order chi connectivity index (χ1) is 8.45. The number of carbonyl (C=O) groups excluding carboxylic acids is 1. The predicted octanol–water partition coefficient (Wildman–Crippen LogP) is 1.78. The van der Waals surface area contributed by atoms with Crippen LogP contribution < -0.4 is 10.1 Å². The largest absolute Gasteiger partial charge is 0.481 e. The second kappa shape index (κ2) is 6.35. The number of amides is 1. The molecule has 5 heteroatoms. The molecule has 0 aromatic heterocycles. The van der Waals surface area contributed by atoms with Gasteiger partial charge in [0.25, 0.3) is 5.91 Å². The first kappa shape index (κ1) is 14.4. The van der Waals surface area contributed by atoms with Crippen molar-refractivity contribution < 1.29 is 19.0 Å². The number of rotatable bonds is 5. The van der Waals surface area contributed by atoms with Gasteiger partial charge in [0.2, 0.25) is 0 Å². The lowest BCUT2D eigenvalue weighted by atomic mass is 10.1. The van der Waals surface area contributed by atoms with Gasteiger partial charge in [-0.25, -0.2) is 4.39 Å². The maximum absolute atomic E-state index is 13.6. The monoisotopic (exact) mass is 255 g/mol. The Bertz CT molecular complexity index is 421. The van der Waals surface area contributed by atoms with Gasteiger partial charge in [-0.05, 0) is 32.9 Å². The normalized spacial score (nSPS) is 13.8. The zero-order valence-corrected chi connectivity index (χ0v) is 10.7. The molecule has 0 aliphatic heterocycles. The first-order valence-corrected chi connectivity index (χ1v) is 5.87. The van der Waals surface area contributed by atoms with Gasteiger partial charge in [-0.2, -0.15) is 0 Å². The van der Waals surface area contributed by atoms with E-state index in [-0.39, 0.29) is 17.2 Å². The molecule has 1 amide bonds. The number of likely N-dealkylation sites (N-methyl/N-ethyl adjacent to an activating group) is 1. The van der Waals surface area contributed by atoms with E-state index in [9.17, 15) is 14.3 Å². The number of benzene rings is 1.